The molecule has 19 heavy (non-hydrogen) atoms. The van der Waals surface area contributed by atoms with Crippen molar-refractivity contribution in [3.63, 3.8) is 0 Å². The van der Waals surface area contributed by atoms with Crippen LogP contribution in [0.2, 0.25) is 0 Å². The van der Waals surface area contributed by atoms with Gasteiger partial charge in [-0.05, 0) is 48.2 Å². The van der Waals surface area contributed by atoms with Gasteiger partial charge >= 0.3 is 0 Å². The summed E-state index contributed by atoms with van der Waals surface area (Å²) in [6, 6.07) is 14.6. The van der Waals surface area contributed by atoms with E-state index in [-0.39, 0.29) is 0 Å². The van der Waals surface area contributed by atoms with Crippen molar-refractivity contribution >= 4 is 0 Å². The number of aromatic hydroxyl groups is 2. The third-order valence-corrected chi connectivity index (χ3v) is 2.82. The molecule has 102 valence electrons. The highest BCUT2D eigenvalue weighted by atomic mass is 16.3. The molecule has 0 spiro atoms. The van der Waals surface area contributed by atoms with Gasteiger partial charge in [0.2, 0.25) is 0 Å². The van der Waals surface area contributed by atoms with Gasteiger partial charge in [0.05, 0.1) is 0 Å². The molecule has 0 atom stereocenters. The second-order valence-corrected chi connectivity index (χ2v) is 4.44. The summed E-state index contributed by atoms with van der Waals surface area (Å²) in [6.45, 7) is 4.24. The van der Waals surface area contributed by atoms with Crippen LogP contribution in [0.15, 0.2) is 48.5 Å². The Kier molecular flexibility index (Phi) is 6.51. The van der Waals surface area contributed by atoms with Crippen LogP contribution in [0.4, 0.5) is 0 Å². The summed E-state index contributed by atoms with van der Waals surface area (Å²) >= 11 is 0. The molecule has 0 unspecified atom stereocenters. The second kappa shape index (κ2) is 8.20. The molecule has 2 aromatic carbocycles. The zero-order valence-corrected chi connectivity index (χ0v) is 11.6. The molecule has 0 aliphatic carbocycles. The minimum atomic E-state index is 0.340. The zero-order valence-electron chi connectivity index (χ0n) is 11.6. The van der Waals surface area contributed by atoms with E-state index in [1.165, 1.54) is 11.1 Å². The summed E-state index contributed by atoms with van der Waals surface area (Å²) in [7, 11) is 0. The zero-order chi connectivity index (χ0) is 14.1. The summed E-state index contributed by atoms with van der Waals surface area (Å²) in [5.74, 6) is 0.687. The predicted octanol–water partition coefficient (Wildman–Crippen LogP) is 4.30. The third kappa shape index (κ3) is 5.96. The first-order valence-corrected chi connectivity index (χ1v) is 6.71. The van der Waals surface area contributed by atoms with Gasteiger partial charge in [-0.15, -0.1) is 0 Å². The first-order valence-electron chi connectivity index (χ1n) is 6.71. The lowest BCUT2D eigenvalue weighted by atomic mass is 10.1. The van der Waals surface area contributed by atoms with Crippen LogP contribution in [0.3, 0.4) is 0 Å². The van der Waals surface area contributed by atoms with Crippen LogP contribution in [0.25, 0.3) is 0 Å². The molecule has 0 amide bonds. The lowest BCUT2D eigenvalue weighted by Crippen LogP contribution is -1.79. The minimum absolute atomic E-state index is 0.340. The highest BCUT2D eigenvalue weighted by Gasteiger charge is 1.89. The molecule has 0 aliphatic heterocycles. The number of hydrogen-bond donors (Lipinski definition) is 2. The van der Waals surface area contributed by atoms with Crippen LogP contribution < -0.4 is 0 Å². The Labute approximate surface area is 115 Å². The topological polar surface area (TPSA) is 40.5 Å². The summed E-state index contributed by atoms with van der Waals surface area (Å²) in [6.07, 6.45) is 3.28. The fourth-order valence-electron chi connectivity index (χ4n) is 1.68. The number of rotatable bonds is 3. The standard InChI is InChI=1S/C9H12O.C8H10O/c1-2-3-8-4-6-9(10)7-5-8;1-2-7-3-5-8(9)6-4-7/h4-7,10H,2-3H2,1H3;3-6,9H,2H2,1H3. The van der Waals surface area contributed by atoms with Gasteiger partial charge in [0.25, 0.3) is 0 Å². The smallest absolute Gasteiger partial charge is 0.115 e. The van der Waals surface area contributed by atoms with E-state index >= 15 is 0 Å². The van der Waals surface area contributed by atoms with Crippen LogP contribution in [-0.4, -0.2) is 10.2 Å². The molecule has 0 bridgehead atoms. The summed E-state index contributed by atoms with van der Waals surface area (Å²) in [5, 5.41) is 17.8. The highest BCUT2D eigenvalue weighted by Crippen LogP contribution is 2.10. The van der Waals surface area contributed by atoms with Crippen molar-refractivity contribution in [1.82, 2.24) is 0 Å². The van der Waals surface area contributed by atoms with Gasteiger partial charge < -0.3 is 10.2 Å². The molecule has 0 saturated heterocycles. The lowest BCUT2D eigenvalue weighted by Gasteiger charge is -1.96. The molecule has 2 nitrogen and oxygen atoms in total. The van der Waals surface area contributed by atoms with Crippen molar-refractivity contribution in [1.29, 1.82) is 0 Å². The average Bonchev–Trinajstić information content (AvgIpc) is 2.43. The van der Waals surface area contributed by atoms with Gasteiger partial charge in [-0.1, -0.05) is 44.5 Å². The number of hydrogen-bond acceptors (Lipinski definition) is 2. The molecule has 2 aromatic rings. The van der Waals surface area contributed by atoms with Crippen LogP contribution in [0.1, 0.15) is 31.4 Å². The van der Waals surface area contributed by atoms with Gasteiger partial charge in [0.1, 0.15) is 11.5 Å². The molecule has 2 N–H and O–H groups in total. The molecule has 2 rings (SSSR count). The highest BCUT2D eigenvalue weighted by molar-refractivity contribution is 5.26. The number of aryl methyl sites for hydroxylation is 2. The van der Waals surface area contributed by atoms with E-state index in [2.05, 4.69) is 13.8 Å². The largest absolute Gasteiger partial charge is 0.508 e. The van der Waals surface area contributed by atoms with E-state index < -0.39 is 0 Å². The quantitative estimate of drug-likeness (QED) is 0.861. The minimum Gasteiger partial charge on any atom is -0.508 e. The molecule has 0 aromatic heterocycles. The third-order valence-electron chi connectivity index (χ3n) is 2.82. The molecule has 0 aliphatic rings. The first kappa shape index (κ1) is 15.1. The van der Waals surface area contributed by atoms with E-state index in [1.54, 1.807) is 24.3 Å². The van der Waals surface area contributed by atoms with Crippen molar-refractivity contribution < 1.29 is 10.2 Å². The Bertz CT molecular complexity index is 458. The van der Waals surface area contributed by atoms with Gasteiger partial charge in [0.15, 0.2) is 0 Å². The van der Waals surface area contributed by atoms with Crippen molar-refractivity contribution in [2.75, 3.05) is 0 Å². The van der Waals surface area contributed by atoms with Gasteiger partial charge in [-0.25, -0.2) is 0 Å². The fraction of sp³-hybridized carbons (Fsp3) is 0.294. The van der Waals surface area contributed by atoms with E-state index in [4.69, 9.17) is 10.2 Å². The van der Waals surface area contributed by atoms with Crippen LogP contribution in [0.5, 0.6) is 11.5 Å². The average molecular weight is 258 g/mol. The first-order chi connectivity index (χ1) is 9.15. The summed E-state index contributed by atoms with van der Waals surface area (Å²) < 4.78 is 0. The van der Waals surface area contributed by atoms with Crippen molar-refractivity contribution in [3.8, 4) is 11.5 Å². The van der Waals surface area contributed by atoms with Crippen LogP contribution in [0, 0.1) is 0 Å². The molecule has 2 heteroatoms. The molecule has 0 heterocycles. The predicted molar refractivity (Wildman–Crippen MR) is 79.6 cm³/mol. The number of phenolic OH excluding ortho intramolecular Hbond substituents is 2. The van der Waals surface area contributed by atoms with Gasteiger partial charge in [0, 0.05) is 0 Å². The molecule has 0 radical (unpaired) electrons. The van der Waals surface area contributed by atoms with Crippen LogP contribution >= 0.6 is 0 Å². The maximum atomic E-state index is 8.92. The van der Waals surface area contributed by atoms with E-state index in [0.29, 0.717) is 11.5 Å². The molecule has 0 fully saturated rings. The SMILES string of the molecule is CCCc1ccc(O)cc1.CCc1ccc(O)cc1. The van der Waals surface area contributed by atoms with Crippen molar-refractivity contribution in [3.05, 3.63) is 59.7 Å². The maximum Gasteiger partial charge on any atom is 0.115 e. The van der Waals surface area contributed by atoms with Crippen LogP contribution in [-0.2, 0) is 12.8 Å². The Morgan fingerprint density at radius 1 is 0.684 bits per heavy atom. The number of phenols is 2. The maximum absolute atomic E-state index is 8.92. The molecular weight excluding hydrogens is 236 g/mol. The lowest BCUT2D eigenvalue weighted by molar-refractivity contribution is 0.474. The fourth-order valence-corrected chi connectivity index (χ4v) is 1.68. The van der Waals surface area contributed by atoms with E-state index in [0.717, 1.165) is 19.3 Å². The summed E-state index contributed by atoms with van der Waals surface area (Å²) in [5.41, 5.74) is 2.55. The Balaban J connectivity index is 0.000000191. The van der Waals surface area contributed by atoms with E-state index in [1.807, 2.05) is 24.3 Å². The molecular formula is C17H22O2. The molecule has 0 saturated carbocycles. The van der Waals surface area contributed by atoms with Gasteiger partial charge in [-0.3, -0.25) is 0 Å². The number of benzene rings is 2. The second-order valence-electron chi connectivity index (χ2n) is 4.44. The van der Waals surface area contributed by atoms with Crippen molar-refractivity contribution in [2.45, 2.75) is 33.1 Å². The normalized spacial score (nSPS) is 9.58. The van der Waals surface area contributed by atoms with Crippen molar-refractivity contribution in [2.24, 2.45) is 0 Å². The Morgan fingerprint density at radius 2 is 1.11 bits per heavy atom. The van der Waals surface area contributed by atoms with Gasteiger partial charge in [-0.2, -0.15) is 0 Å². The summed E-state index contributed by atoms with van der Waals surface area (Å²) in [4.78, 5) is 0. The van der Waals surface area contributed by atoms with E-state index in [9.17, 15) is 0 Å². The Hall–Kier alpha value is -1.96. The Morgan fingerprint density at radius 3 is 1.47 bits per heavy atom. The monoisotopic (exact) mass is 258 g/mol.